The van der Waals surface area contributed by atoms with Gasteiger partial charge in [0, 0.05) is 31.2 Å². The summed E-state index contributed by atoms with van der Waals surface area (Å²) in [6.07, 6.45) is 8.28. The first-order valence-electron chi connectivity index (χ1n) is 10.6. The van der Waals surface area contributed by atoms with Crippen LogP contribution in [-0.4, -0.2) is 10.7 Å². The Labute approximate surface area is 179 Å². The van der Waals surface area contributed by atoms with Crippen LogP contribution in [0.15, 0.2) is 36.1 Å². The Bertz CT molecular complexity index is 882. The normalized spacial score (nSPS) is 23.0. The van der Waals surface area contributed by atoms with Gasteiger partial charge in [-0.3, -0.25) is 9.09 Å². The Morgan fingerprint density at radius 3 is 2.77 bits per heavy atom. The van der Waals surface area contributed by atoms with Crippen LogP contribution in [-0.2, 0) is 15.5 Å². The lowest BCUT2D eigenvalue weighted by Crippen LogP contribution is -2.34. The Morgan fingerprint density at radius 1 is 1.37 bits per heavy atom. The summed E-state index contributed by atoms with van der Waals surface area (Å²) in [5.41, 5.74) is 3.22. The van der Waals surface area contributed by atoms with Gasteiger partial charge in [0.2, 0.25) is 5.79 Å². The maximum atomic E-state index is 11.3. The van der Waals surface area contributed by atoms with E-state index < -0.39 is 13.6 Å². The molecule has 30 heavy (non-hydrogen) atoms. The van der Waals surface area contributed by atoms with Crippen molar-refractivity contribution in [2.45, 2.75) is 77.9 Å². The number of fused-ring (bicyclic) bond motifs is 3. The lowest BCUT2D eigenvalue weighted by Gasteiger charge is -2.39. The maximum absolute atomic E-state index is 11.3. The highest BCUT2D eigenvalue weighted by molar-refractivity contribution is 7.44. The van der Waals surface area contributed by atoms with Gasteiger partial charge >= 0.3 is 0 Å². The minimum Gasteiger partial charge on any atom is -0.756 e. The summed E-state index contributed by atoms with van der Waals surface area (Å²) >= 11 is 0. The van der Waals surface area contributed by atoms with Crippen molar-refractivity contribution in [3.8, 4) is 11.5 Å². The Kier molecular flexibility index (Phi) is 6.83. The number of unbranched alkanes of at least 4 members (excludes halogenated alkanes) is 2. The zero-order valence-electron chi connectivity index (χ0n) is 18.3. The molecule has 0 aromatic heterocycles. The SMILES string of the molecule is C=C1Oc2cc(CCCCC)cc(OC(C)(C)OP(=O)([O-])O)c2C2C=C(C)CCC12. The van der Waals surface area contributed by atoms with E-state index in [-0.39, 0.29) is 11.8 Å². The van der Waals surface area contributed by atoms with Gasteiger partial charge in [0.05, 0.1) is 0 Å². The summed E-state index contributed by atoms with van der Waals surface area (Å²) in [7, 11) is -4.97. The van der Waals surface area contributed by atoms with Crippen LogP contribution in [0.5, 0.6) is 11.5 Å². The first kappa shape index (κ1) is 23.1. The molecule has 3 atom stereocenters. The number of phosphoric acid groups is 1. The van der Waals surface area contributed by atoms with Gasteiger partial charge in [-0.25, -0.2) is 0 Å². The quantitative estimate of drug-likeness (QED) is 0.256. The summed E-state index contributed by atoms with van der Waals surface area (Å²) in [4.78, 5) is 20.5. The molecule has 1 aromatic carbocycles. The van der Waals surface area contributed by atoms with Crippen LogP contribution in [0.1, 0.15) is 76.8 Å². The van der Waals surface area contributed by atoms with E-state index in [9.17, 15) is 14.4 Å². The van der Waals surface area contributed by atoms with Gasteiger partial charge in [0.1, 0.15) is 17.3 Å². The van der Waals surface area contributed by atoms with Gasteiger partial charge in [-0.1, -0.05) is 38.0 Å². The molecule has 0 radical (unpaired) electrons. The standard InChI is InChI=1S/C23H33O6P/c1-6-7-8-9-17-13-20-22(19-12-15(2)10-11-18(19)16(3)27-20)21(14-17)28-23(4,5)29-30(24,25)26/h12-14,18-19H,3,6-11H2,1-2,4-5H3,(H2,24,25,26)/p-1. The van der Waals surface area contributed by atoms with Crippen molar-refractivity contribution in [2.75, 3.05) is 0 Å². The number of phosphoric ester groups is 1. The monoisotopic (exact) mass is 435 g/mol. The van der Waals surface area contributed by atoms with E-state index >= 15 is 0 Å². The molecule has 2 aliphatic rings. The molecule has 1 aromatic rings. The molecule has 1 aliphatic carbocycles. The largest absolute Gasteiger partial charge is 0.756 e. The third-order valence-corrected chi connectivity index (χ3v) is 6.33. The minimum absolute atomic E-state index is 0.0404. The van der Waals surface area contributed by atoms with Gasteiger partial charge in [-0.2, -0.15) is 0 Å². The van der Waals surface area contributed by atoms with E-state index in [2.05, 4.69) is 26.5 Å². The lowest BCUT2D eigenvalue weighted by molar-refractivity contribution is -0.245. The lowest BCUT2D eigenvalue weighted by atomic mass is 9.74. The van der Waals surface area contributed by atoms with Gasteiger partial charge in [-0.15, -0.1) is 0 Å². The fraction of sp³-hybridized carbons (Fsp3) is 0.565. The van der Waals surface area contributed by atoms with E-state index in [0.29, 0.717) is 11.5 Å². The van der Waals surface area contributed by atoms with E-state index in [1.807, 2.05) is 12.1 Å². The van der Waals surface area contributed by atoms with Gasteiger partial charge < -0.3 is 19.3 Å². The summed E-state index contributed by atoms with van der Waals surface area (Å²) < 4.78 is 28.3. The van der Waals surface area contributed by atoms with Crippen molar-refractivity contribution >= 4 is 7.82 Å². The summed E-state index contributed by atoms with van der Waals surface area (Å²) in [5, 5.41) is 0. The third kappa shape index (κ3) is 5.55. The van der Waals surface area contributed by atoms with Crippen LogP contribution in [0.3, 0.4) is 0 Å². The number of rotatable bonds is 8. The third-order valence-electron chi connectivity index (χ3n) is 5.66. The highest BCUT2D eigenvalue weighted by Crippen LogP contribution is 2.52. The minimum atomic E-state index is -4.97. The van der Waals surface area contributed by atoms with Crippen molar-refractivity contribution in [3.05, 3.63) is 47.2 Å². The predicted octanol–water partition coefficient (Wildman–Crippen LogP) is 5.36. The first-order chi connectivity index (χ1) is 14.0. The molecule has 0 fully saturated rings. The summed E-state index contributed by atoms with van der Waals surface area (Å²) in [6, 6.07) is 3.98. The Hall–Kier alpha value is -1.59. The van der Waals surface area contributed by atoms with Crippen LogP contribution in [0.25, 0.3) is 0 Å². The van der Waals surface area contributed by atoms with E-state index in [1.165, 1.54) is 19.4 Å². The van der Waals surface area contributed by atoms with Crippen molar-refractivity contribution in [2.24, 2.45) is 5.92 Å². The molecule has 1 heterocycles. The van der Waals surface area contributed by atoms with Crippen LogP contribution >= 0.6 is 7.82 Å². The second-order valence-corrected chi connectivity index (χ2v) is 9.90. The fourth-order valence-electron chi connectivity index (χ4n) is 4.37. The number of allylic oxidation sites excluding steroid dienone is 3. The predicted molar refractivity (Wildman–Crippen MR) is 114 cm³/mol. The number of aryl methyl sites for hydroxylation is 1. The summed E-state index contributed by atoms with van der Waals surface area (Å²) in [5.74, 6) is 0.579. The zero-order chi connectivity index (χ0) is 22.1. The molecule has 3 unspecified atom stereocenters. The number of hydrogen-bond donors (Lipinski definition) is 1. The Balaban J connectivity index is 2.05. The molecular weight excluding hydrogens is 403 g/mol. The molecular formula is C23H32O6P-. The summed E-state index contributed by atoms with van der Waals surface area (Å²) in [6.45, 7) is 11.3. The average Bonchev–Trinajstić information content (AvgIpc) is 2.59. The highest BCUT2D eigenvalue weighted by Gasteiger charge is 2.38. The van der Waals surface area contributed by atoms with Crippen molar-refractivity contribution < 1.29 is 28.3 Å². The van der Waals surface area contributed by atoms with Gasteiger partial charge in [-0.05, 0) is 50.3 Å². The molecule has 7 heteroatoms. The molecule has 0 saturated carbocycles. The average molecular weight is 435 g/mol. The second kappa shape index (κ2) is 8.88. The van der Waals surface area contributed by atoms with Crippen LogP contribution in [0, 0.1) is 5.92 Å². The molecule has 1 aliphatic heterocycles. The van der Waals surface area contributed by atoms with Crippen LogP contribution < -0.4 is 14.4 Å². The van der Waals surface area contributed by atoms with E-state index in [1.54, 1.807) is 0 Å². The first-order valence-corrected chi connectivity index (χ1v) is 12.1. The fourth-order valence-corrected chi connectivity index (χ4v) is 4.96. The highest BCUT2D eigenvalue weighted by atomic mass is 31.2. The van der Waals surface area contributed by atoms with E-state index in [0.717, 1.165) is 55.4 Å². The maximum Gasteiger partial charge on any atom is 0.268 e. The van der Waals surface area contributed by atoms with E-state index in [4.69, 9.17) is 14.0 Å². The van der Waals surface area contributed by atoms with Crippen LogP contribution in [0.4, 0.5) is 0 Å². The molecule has 3 rings (SSSR count). The van der Waals surface area contributed by atoms with Crippen molar-refractivity contribution in [1.82, 2.24) is 0 Å². The van der Waals surface area contributed by atoms with Gasteiger partial charge in [0.15, 0.2) is 0 Å². The van der Waals surface area contributed by atoms with Crippen molar-refractivity contribution in [1.29, 1.82) is 0 Å². The molecule has 0 saturated heterocycles. The number of ether oxygens (including phenoxy) is 2. The second-order valence-electron chi connectivity index (χ2n) is 8.78. The molecule has 0 amide bonds. The van der Waals surface area contributed by atoms with Crippen LogP contribution in [0.2, 0.25) is 0 Å². The zero-order valence-corrected chi connectivity index (χ0v) is 19.2. The molecule has 6 nitrogen and oxygen atoms in total. The molecule has 1 N–H and O–H groups in total. The van der Waals surface area contributed by atoms with Gasteiger partial charge in [0.25, 0.3) is 7.82 Å². The molecule has 0 spiro atoms. The Morgan fingerprint density at radius 2 is 2.10 bits per heavy atom. The molecule has 166 valence electrons. The van der Waals surface area contributed by atoms with Crippen molar-refractivity contribution in [3.63, 3.8) is 0 Å². The molecule has 0 bridgehead atoms. The topological polar surface area (TPSA) is 88.1 Å². The smallest absolute Gasteiger partial charge is 0.268 e. The number of hydrogen-bond acceptors (Lipinski definition) is 5. The number of benzene rings is 1.